The lowest BCUT2D eigenvalue weighted by molar-refractivity contribution is -0.150. The average molecular weight is 586 g/mol. The zero-order chi connectivity index (χ0) is 31.3. The van der Waals surface area contributed by atoms with E-state index in [0.29, 0.717) is 37.3 Å². The predicted octanol–water partition coefficient (Wildman–Crippen LogP) is 4.53. The highest BCUT2D eigenvalue weighted by Crippen LogP contribution is 2.63. The molecule has 1 aromatic rings. The summed E-state index contributed by atoms with van der Waals surface area (Å²) >= 11 is 0. The van der Waals surface area contributed by atoms with E-state index in [1.807, 2.05) is 41.5 Å². The molecule has 9 nitrogen and oxygen atoms in total. The van der Waals surface area contributed by atoms with Crippen molar-refractivity contribution in [3.05, 3.63) is 24.3 Å². The maximum Gasteiger partial charge on any atom is 0.246 e. The number of anilines is 1. The summed E-state index contributed by atoms with van der Waals surface area (Å²) in [5.41, 5.74) is -2.03. The van der Waals surface area contributed by atoms with Crippen molar-refractivity contribution >= 4 is 23.4 Å². The van der Waals surface area contributed by atoms with Gasteiger partial charge in [0.05, 0.1) is 36.7 Å². The fraction of sp³-hybridized carbons (Fsp3) is 0.727. The fourth-order valence-electron chi connectivity index (χ4n) is 8.07. The van der Waals surface area contributed by atoms with Crippen molar-refractivity contribution in [1.82, 2.24) is 10.2 Å². The van der Waals surface area contributed by atoms with Crippen molar-refractivity contribution in [1.29, 1.82) is 0 Å². The van der Waals surface area contributed by atoms with Crippen LogP contribution in [0.2, 0.25) is 0 Å². The first-order valence-corrected chi connectivity index (χ1v) is 15.5. The van der Waals surface area contributed by atoms with Crippen molar-refractivity contribution in [2.45, 2.75) is 117 Å². The van der Waals surface area contributed by atoms with Gasteiger partial charge in [0.2, 0.25) is 17.7 Å². The number of carbonyl (C=O) groups excluding carboxylic acids is 3. The Labute approximate surface area is 251 Å². The van der Waals surface area contributed by atoms with Crippen LogP contribution in [0.4, 0.5) is 5.69 Å². The van der Waals surface area contributed by atoms with Gasteiger partial charge in [-0.2, -0.15) is 0 Å². The van der Waals surface area contributed by atoms with Crippen LogP contribution in [0.3, 0.4) is 0 Å². The molecule has 4 rings (SSSR count). The quantitative estimate of drug-likeness (QED) is 0.352. The summed E-state index contributed by atoms with van der Waals surface area (Å²) in [6, 6.07) is 5.62. The number of aliphatic hydroxyl groups excluding tert-OH is 1. The Balaban J connectivity index is 1.71. The Hall–Kier alpha value is -2.65. The van der Waals surface area contributed by atoms with E-state index in [1.54, 1.807) is 29.2 Å². The molecule has 6 atom stereocenters. The number of rotatable bonds is 11. The van der Waals surface area contributed by atoms with Crippen LogP contribution in [0.1, 0.15) is 88.0 Å². The Morgan fingerprint density at radius 2 is 1.76 bits per heavy atom. The number of aliphatic hydroxyl groups is 1. The van der Waals surface area contributed by atoms with Crippen molar-refractivity contribution in [2.24, 2.45) is 23.2 Å². The van der Waals surface area contributed by atoms with Crippen LogP contribution in [0, 0.1) is 23.2 Å². The van der Waals surface area contributed by atoms with Gasteiger partial charge < -0.3 is 30.1 Å². The van der Waals surface area contributed by atoms with Gasteiger partial charge in [0, 0.05) is 11.2 Å². The molecule has 42 heavy (non-hydrogen) atoms. The summed E-state index contributed by atoms with van der Waals surface area (Å²) in [5, 5.41) is 16.7. The lowest BCUT2D eigenvalue weighted by atomic mass is 9.66. The molecule has 3 aliphatic heterocycles. The van der Waals surface area contributed by atoms with E-state index in [9.17, 15) is 19.5 Å². The van der Waals surface area contributed by atoms with Crippen LogP contribution in [-0.4, -0.2) is 69.8 Å². The third-order valence-electron chi connectivity index (χ3n) is 8.96. The fourth-order valence-corrected chi connectivity index (χ4v) is 8.07. The summed E-state index contributed by atoms with van der Waals surface area (Å²) in [7, 11) is 0. The number of hydrogen-bond acceptors (Lipinski definition) is 6. The Kier molecular flexibility index (Phi) is 8.80. The number of nitrogens with one attached hydrogen (secondary N) is 2. The number of fused-ring (bicyclic) bond motifs is 1. The predicted molar refractivity (Wildman–Crippen MR) is 162 cm³/mol. The first-order chi connectivity index (χ1) is 19.5. The third-order valence-corrected chi connectivity index (χ3v) is 8.96. The monoisotopic (exact) mass is 585 g/mol. The normalized spacial score (nSPS) is 29.5. The second-order valence-electron chi connectivity index (χ2n) is 15.0. The largest absolute Gasteiger partial charge is 0.494 e. The lowest BCUT2D eigenvalue weighted by Gasteiger charge is -2.40. The molecule has 0 aromatic heterocycles. The molecule has 0 radical (unpaired) electrons. The number of benzene rings is 1. The maximum atomic E-state index is 14.4. The van der Waals surface area contributed by atoms with Crippen LogP contribution >= 0.6 is 0 Å². The van der Waals surface area contributed by atoms with Gasteiger partial charge in [-0.15, -0.1) is 0 Å². The van der Waals surface area contributed by atoms with Crippen molar-refractivity contribution < 1.29 is 29.0 Å². The molecule has 3 aliphatic rings. The van der Waals surface area contributed by atoms with E-state index in [1.165, 1.54) is 0 Å². The number of likely N-dealkylation sites (tertiary alicyclic amines) is 1. The topological polar surface area (TPSA) is 117 Å². The second kappa shape index (κ2) is 11.5. The van der Waals surface area contributed by atoms with Crippen LogP contribution < -0.4 is 15.4 Å². The molecule has 1 spiro atoms. The third kappa shape index (κ3) is 6.05. The van der Waals surface area contributed by atoms with Gasteiger partial charge in [0.25, 0.3) is 0 Å². The first kappa shape index (κ1) is 32.3. The van der Waals surface area contributed by atoms with E-state index in [0.717, 1.165) is 6.42 Å². The zero-order valence-electron chi connectivity index (χ0n) is 26.9. The van der Waals surface area contributed by atoms with Crippen LogP contribution in [0.15, 0.2) is 24.3 Å². The summed E-state index contributed by atoms with van der Waals surface area (Å²) in [6.07, 6.45) is 2.29. The van der Waals surface area contributed by atoms with Crippen LogP contribution in [-0.2, 0) is 19.1 Å². The highest BCUT2D eigenvalue weighted by molar-refractivity contribution is 6.02. The highest BCUT2D eigenvalue weighted by atomic mass is 16.5. The Bertz CT molecular complexity index is 1180. The highest BCUT2D eigenvalue weighted by Gasteiger charge is 2.78. The summed E-state index contributed by atoms with van der Waals surface area (Å²) in [4.78, 5) is 44.3. The molecule has 3 saturated heterocycles. The molecule has 2 bridgehead atoms. The molecule has 3 N–H and O–H groups in total. The Morgan fingerprint density at radius 1 is 1.12 bits per heavy atom. The number of hydrogen-bond donors (Lipinski definition) is 3. The molecule has 3 amide bonds. The number of amides is 3. The molecule has 2 unspecified atom stereocenters. The molecule has 3 heterocycles. The van der Waals surface area contributed by atoms with Crippen LogP contribution in [0.5, 0.6) is 5.75 Å². The minimum Gasteiger partial charge on any atom is -0.494 e. The van der Waals surface area contributed by atoms with E-state index in [-0.39, 0.29) is 35.7 Å². The van der Waals surface area contributed by atoms with Crippen molar-refractivity contribution in [3.63, 3.8) is 0 Å². The molecule has 1 aromatic carbocycles. The van der Waals surface area contributed by atoms with Crippen molar-refractivity contribution in [2.75, 3.05) is 18.5 Å². The number of ether oxygens (including phenoxy) is 2. The van der Waals surface area contributed by atoms with Gasteiger partial charge in [-0.3, -0.25) is 14.4 Å². The van der Waals surface area contributed by atoms with Gasteiger partial charge in [-0.25, -0.2) is 0 Å². The second-order valence-corrected chi connectivity index (χ2v) is 15.0. The number of carbonyl (C=O) groups is 3. The Morgan fingerprint density at radius 3 is 2.31 bits per heavy atom. The summed E-state index contributed by atoms with van der Waals surface area (Å²) in [5.74, 6) is -1.62. The molecular weight excluding hydrogens is 534 g/mol. The zero-order valence-corrected chi connectivity index (χ0v) is 26.9. The summed E-state index contributed by atoms with van der Waals surface area (Å²) in [6.45, 7) is 18.5. The van der Waals surface area contributed by atoms with Gasteiger partial charge in [0.15, 0.2) is 0 Å². The average Bonchev–Trinajstić information content (AvgIpc) is 3.42. The first-order valence-electron chi connectivity index (χ1n) is 15.5. The molecule has 9 heteroatoms. The minimum absolute atomic E-state index is 0.0338. The van der Waals surface area contributed by atoms with Gasteiger partial charge in [-0.1, -0.05) is 34.6 Å². The number of nitrogens with zero attached hydrogens (tertiary/aromatic N) is 1. The minimum atomic E-state index is -1.15. The van der Waals surface area contributed by atoms with Gasteiger partial charge in [-0.05, 0) is 89.0 Å². The smallest absolute Gasteiger partial charge is 0.246 e. The van der Waals surface area contributed by atoms with Gasteiger partial charge in [0.1, 0.15) is 17.4 Å². The van der Waals surface area contributed by atoms with E-state index in [2.05, 4.69) is 31.4 Å². The molecule has 0 saturated carbocycles. The van der Waals surface area contributed by atoms with Crippen molar-refractivity contribution in [3.8, 4) is 5.75 Å². The SMILES string of the molecule is CCOc1ccc(NC(=O)[C@@H]2[C@H]3C(=O)N([C@@H](CO)CC(C)C)C(C(=O)NC(C)(C)CC(C)(C)C)C34CC[C@@]2(C)O4)cc1. The molecule has 0 aliphatic carbocycles. The standard InChI is InChI=1S/C33H51N3O6/c1-10-41-23-13-11-21(12-14-23)34-27(38)24-25-29(40)36(22(18-37)17-20(2)3)26(33(25)16-15-32(24,9)42-33)28(39)35-31(7,8)19-30(4,5)6/h11-14,20,22,24-26,37H,10,15-19H2,1-9H3,(H,34,38)(H,35,39)/t22-,24+,25+,26?,32-,33?/m1/s1. The summed E-state index contributed by atoms with van der Waals surface area (Å²) < 4.78 is 12.3. The van der Waals surface area contributed by atoms with E-state index >= 15 is 0 Å². The van der Waals surface area contributed by atoms with E-state index < -0.39 is 40.7 Å². The lowest BCUT2D eigenvalue weighted by Crippen LogP contribution is -2.61. The van der Waals surface area contributed by atoms with E-state index in [4.69, 9.17) is 9.47 Å². The molecule has 234 valence electrons. The van der Waals surface area contributed by atoms with Crippen LogP contribution in [0.25, 0.3) is 0 Å². The maximum absolute atomic E-state index is 14.4. The van der Waals surface area contributed by atoms with Gasteiger partial charge >= 0.3 is 0 Å². The molecular formula is C33H51N3O6. The molecule has 3 fully saturated rings.